The summed E-state index contributed by atoms with van der Waals surface area (Å²) in [7, 11) is 2.16. The Hall–Kier alpha value is -1.75. The Morgan fingerprint density at radius 2 is 1.79 bits per heavy atom. The molecule has 0 spiro atoms. The zero-order valence-corrected chi connectivity index (χ0v) is 15.3. The number of amides is 2. The quantitative estimate of drug-likeness (QED) is 0.751. The number of unbranched alkanes of at least 4 members (excludes halogenated alkanes) is 2. The van der Waals surface area contributed by atoms with Crippen molar-refractivity contribution < 1.29 is 4.79 Å². The van der Waals surface area contributed by atoms with Gasteiger partial charge in [-0.1, -0.05) is 26.2 Å². The van der Waals surface area contributed by atoms with Crippen molar-refractivity contribution in [2.45, 2.75) is 45.6 Å². The molecule has 0 aliphatic carbocycles. The van der Waals surface area contributed by atoms with Gasteiger partial charge in [0.15, 0.2) is 0 Å². The summed E-state index contributed by atoms with van der Waals surface area (Å²) in [5.74, 6) is 0. The second-order valence-electron chi connectivity index (χ2n) is 6.83. The number of anilines is 2. The van der Waals surface area contributed by atoms with E-state index in [1.54, 1.807) is 0 Å². The number of carbonyl (C=O) groups excluding carboxylic acids is 1. The lowest BCUT2D eigenvalue weighted by molar-refractivity contribution is 0.248. The van der Waals surface area contributed by atoms with Crippen LogP contribution in [0.2, 0.25) is 0 Å². The number of urea groups is 1. The molecule has 24 heavy (non-hydrogen) atoms. The normalized spacial score (nSPS) is 16.7. The summed E-state index contributed by atoms with van der Waals surface area (Å²) in [5, 5.41) is 5.93. The van der Waals surface area contributed by atoms with Gasteiger partial charge in [0.05, 0.1) is 0 Å². The van der Waals surface area contributed by atoms with Crippen molar-refractivity contribution in [1.82, 2.24) is 10.2 Å². The lowest BCUT2D eigenvalue weighted by atomic mass is 10.1. The van der Waals surface area contributed by atoms with E-state index < -0.39 is 0 Å². The van der Waals surface area contributed by atoms with Crippen molar-refractivity contribution in [3.05, 3.63) is 24.3 Å². The Balaban J connectivity index is 1.77. The summed E-state index contributed by atoms with van der Waals surface area (Å²) >= 11 is 0. The zero-order valence-electron chi connectivity index (χ0n) is 15.3. The van der Waals surface area contributed by atoms with E-state index in [1.165, 1.54) is 18.5 Å². The topological polar surface area (TPSA) is 47.6 Å². The lowest BCUT2D eigenvalue weighted by Gasteiger charge is -2.34. The molecule has 1 aromatic carbocycles. The number of benzene rings is 1. The van der Waals surface area contributed by atoms with Crippen LogP contribution in [0.4, 0.5) is 16.2 Å². The maximum absolute atomic E-state index is 12.0. The maximum atomic E-state index is 12.0. The van der Waals surface area contributed by atoms with Gasteiger partial charge in [-0.05, 0) is 44.7 Å². The molecule has 5 heteroatoms. The first kappa shape index (κ1) is 18.6. The van der Waals surface area contributed by atoms with Gasteiger partial charge in [-0.15, -0.1) is 0 Å². The minimum absolute atomic E-state index is 0.119. The molecule has 5 nitrogen and oxygen atoms in total. The molecule has 1 aromatic rings. The Kier molecular flexibility index (Phi) is 7.37. The van der Waals surface area contributed by atoms with E-state index in [0.717, 1.165) is 44.7 Å². The molecule has 0 saturated carbocycles. The van der Waals surface area contributed by atoms with E-state index in [0.29, 0.717) is 0 Å². The summed E-state index contributed by atoms with van der Waals surface area (Å²) < 4.78 is 0. The molecular formula is C19H32N4O. The molecule has 2 N–H and O–H groups in total. The van der Waals surface area contributed by atoms with Crippen LogP contribution in [0, 0.1) is 0 Å². The molecule has 0 bridgehead atoms. The number of hydrogen-bond donors (Lipinski definition) is 2. The highest BCUT2D eigenvalue weighted by Gasteiger charge is 2.14. The van der Waals surface area contributed by atoms with Crippen LogP contribution in [0.3, 0.4) is 0 Å². The monoisotopic (exact) mass is 332 g/mol. The molecule has 2 rings (SSSR count). The molecule has 2 amide bonds. The van der Waals surface area contributed by atoms with Gasteiger partial charge in [-0.3, -0.25) is 0 Å². The average Bonchev–Trinajstić information content (AvgIpc) is 2.56. The molecule has 134 valence electrons. The molecule has 0 unspecified atom stereocenters. The second-order valence-corrected chi connectivity index (χ2v) is 6.83. The maximum Gasteiger partial charge on any atom is 0.319 e. The third-order valence-corrected chi connectivity index (χ3v) is 4.61. The van der Waals surface area contributed by atoms with E-state index in [2.05, 4.69) is 53.5 Å². The summed E-state index contributed by atoms with van der Waals surface area (Å²) in [4.78, 5) is 16.8. The minimum Gasteiger partial charge on any atom is -0.369 e. The molecule has 1 heterocycles. The SMILES string of the molecule is CCCCC[C@H](C)NC(=O)Nc1ccc(N2CCN(C)CC2)cc1. The molecule has 1 aliphatic rings. The van der Waals surface area contributed by atoms with Gasteiger partial charge in [-0.2, -0.15) is 0 Å². The lowest BCUT2D eigenvalue weighted by Crippen LogP contribution is -2.44. The fourth-order valence-electron chi connectivity index (χ4n) is 2.98. The van der Waals surface area contributed by atoms with E-state index >= 15 is 0 Å². The highest BCUT2D eigenvalue weighted by molar-refractivity contribution is 5.89. The standard InChI is InChI=1S/C19H32N4O/c1-4-5-6-7-16(2)20-19(24)21-17-8-10-18(11-9-17)23-14-12-22(3)13-15-23/h8-11,16H,4-7,12-15H2,1-3H3,(H2,20,21,24)/t16-/m0/s1. The first-order valence-electron chi connectivity index (χ1n) is 9.19. The van der Waals surface area contributed by atoms with Crippen LogP contribution in [-0.4, -0.2) is 50.2 Å². The van der Waals surface area contributed by atoms with Crippen molar-refractivity contribution >= 4 is 17.4 Å². The van der Waals surface area contributed by atoms with Crippen LogP contribution >= 0.6 is 0 Å². The first-order chi connectivity index (χ1) is 11.6. The Morgan fingerprint density at radius 1 is 1.12 bits per heavy atom. The number of carbonyl (C=O) groups is 1. The first-order valence-corrected chi connectivity index (χ1v) is 9.19. The van der Waals surface area contributed by atoms with Crippen molar-refractivity contribution in [3.63, 3.8) is 0 Å². The average molecular weight is 332 g/mol. The summed E-state index contributed by atoms with van der Waals surface area (Å²) in [6.07, 6.45) is 4.63. The smallest absolute Gasteiger partial charge is 0.319 e. The van der Waals surface area contributed by atoms with E-state index in [1.807, 2.05) is 12.1 Å². The number of likely N-dealkylation sites (N-methyl/N-ethyl adjacent to an activating group) is 1. The molecule has 0 radical (unpaired) electrons. The number of nitrogens with one attached hydrogen (secondary N) is 2. The van der Waals surface area contributed by atoms with E-state index in [9.17, 15) is 4.79 Å². The Bertz CT molecular complexity index is 495. The third kappa shape index (κ3) is 6.04. The van der Waals surface area contributed by atoms with E-state index in [-0.39, 0.29) is 12.1 Å². The fraction of sp³-hybridized carbons (Fsp3) is 0.632. The van der Waals surface area contributed by atoms with Crippen LogP contribution in [0.5, 0.6) is 0 Å². The van der Waals surface area contributed by atoms with Crippen LogP contribution in [0.25, 0.3) is 0 Å². The van der Waals surface area contributed by atoms with Gasteiger partial charge < -0.3 is 20.4 Å². The highest BCUT2D eigenvalue weighted by Crippen LogP contribution is 2.19. The Labute approximate surface area is 146 Å². The number of hydrogen-bond acceptors (Lipinski definition) is 3. The number of rotatable bonds is 7. The number of piperazine rings is 1. The van der Waals surface area contributed by atoms with Crippen molar-refractivity contribution in [2.75, 3.05) is 43.4 Å². The molecule has 1 saturated heterocycles. The molecule has 0 aromatic heterocycles. The summed E-state index contributed by atoms with van der Waals surface area (Å²) in [6.45, 7) is 8.55. The van der Waals surface area contributed by atoms with Crippen molar-refractivity contribution in [2.24, 2.45) is 0 Å². The molecule has 1 fully saturated rings. The highest BCUT2D eigenvalue weighted by atomic mass is 16.2. The van der Waals surface area contributed by atoms with Gasteiger partial charge in [0, 0.05) is 43.6 Å². The predicted octanol–water partition coefficient (Wildman–Crippen LogP) is 3.53. The molecule has 1 atom stereocenters. The van der Waals surface area contributed by atoms with Gasteiger partial charge >= 0.3 is 6.03 Å². The fourth-order valence-corrected chi connectivity index (χ4v) is 2.98. The largest absolute Gasteiger partial charge is 0.369 e. The molecular weight excluding hydrogens is 300 g/mol. The van der Waals surface area contributed by atoms with Crippen molar-refractivity contribution in [1.29, 1.82) is 0 Å². The summed E-state index contributed by atoms with van der Waals surface area (Å²) in [5.41, 5.74) is 2.06. The molecule has 1 aliphatic heterocycles. The van der Waals surface area contributed by atoms with E-state index in [4.69, 9.17) is 0 Å². The van der Waals surface area contributed by atoms with Gasteiger partial charge in [0.1, 0.15) is 0 Å². The summed E-state index contributed by atoms with van der Waals surface area (Å²) in [6, 6.07) is 8.23. The minimum atomic E-state index is -0.119. The Morgan fingerprint density at radius 3 is 2.42 bits per heavy atom. The van der Waals surface area contributed by atoms with Gasteiger partial charge in [0.25, 0.3) is 0 Å². The predicted molar refractivity (Wildman–Crippen MR) is 102 cm³/mol. The van der Waals surface area contributed by atoms with Gasteiger partial charge in [-0.25, -0.2) is 4.79 Å². The van der Waals surface area contributed by atoms with Crippen LogP contribution in [0.15, 0.2) is 24.3 Å². The second kappa shape index (κ2) is 9.52. The number of nitrogens with zero attached hydrogens (tertiary/aromatic N) is 2. The van der Waals surface area contributed by atoms with Gasteiger partial charge in [0.2, 0.25) is 0 Å². The van der Waals surface area contributed by atoms with Crippen LogP contribution < -0.4 is 15.5 Å². The van der Waals surface area contributed by atoms with Crippen LogP contribution in [0.1, 0.15) is 39.5 Å². The van der Waals surface area contributed by atoms with Crippen molar-refractivity contribution in [3.8, 4) is 0 Å². The zero-order chi connectivity index (χ0) is 17.4. The van der Waals surface area contributed by atoms with Crippen LogP contribution in [-0.2, 0) is 0 Å². The third-order valence-electron chi connectivity index (χ3n) is 4.61.